The van der Waals surface area contributed by atoms with Crippen LogP contribution in [0.4, 0.5) is 0 Å². The third kappa shape index (κ3) is 5.70. The van der Waals surface area contributed by atoms with Crippen LogP contribution in [0.2, 0.25) is 0 Å². The van der Waals surface area contributed by atoms with Crippen LogP contribution < -0.4 is 5.32 Å². The molecule has 6 heteroatoms. The third-order valence-corrected chi connectivity index (χ3v) is 6.00. The van der Waals surface area contributed by atoms with Gasteiger partial charge in [-0.2, -0.15) is 0 Å². The van der Waals surface area contributed by atoms with Gasteiger partial charge in [0.25, 0.3) is 0 Å². The summed E-state index contributed by atoms with van der Waals surface area (Å²) >= 11 is 0. The molecule has 3 aliphatic rings. The van der Waals surface area contributed by atoms with Gasteiger partial charge in [0.1, 0.15) is 0 Å². The Balaban J connectivity index is 0.00000225. The number of likely N-dealkylation sites (tertiary alicyclic amines) is 2. The molecule has 3 saturated heterocycles. The maximum absolute atomic E-state index is 5.66. The van der Waals surface area contributed by atoms with Crippen molar-refractivity contribution < 1.29 is 4.74 Å². The predicted molar refractivity (Wildman–Crippen MR) is 115 cm³/mol. The van der Waals surface area contributed by atoms with Gasteiger partial charge in [-0.25, -0.2) is 0 Å². The fourth-order valence-electron chi connectivity index (χ4n) is 4.44. The van der Waals surface area contributed by atoms with Gasteiger partial charge in [0.05, 0.1) is 6.61 Å². The van der Waals surface area contributed by atoms with E-state index in [1.807, 2.05) is 0 Å². The molecule has 0 bridgehead atoms. The topological polar surface area (TPSA) is 40.1 Å². The van der Waals surface area contributed by atoms with Gasteiger partial charge in [0, 0.05) is 38.2 Å². The summed E-state index contributed by atoms with van der Waals surface area (Å²) in [6.45, 7) is 14.3. The maximum atomic E-state index is 5.66. The Labute approximate surface area is 171 Å². The molecule has 0 amide bonds. The summed E-state index contributed by atoms with van der Waals surface area (Å²) in [6.07, 6.45) is 6.36. The predicted octanol–water partition coefficient (Wildman–Crippen LogP) is 2.80. The van der Waals surface area contributed by atoms with E-state index < -0.39 is 0 Å². The summed E-state index contributed by atoms with van der Waals surface area (Å²) in [6, 6.07) is 0. The Morgan fingerprint density at radius 3 is 2.64 bits per heavy atom. The average molecular weight is 464 g/mol. The molecule has 3 heterocycles. The Morgan fingerprint density at radius 2 is 2.00 bits per heavy atom. The smallest absolute Gasteiger partial charge is 0.193 e. The Bertz CT molecular complexity index is 418. The van der Waals surface area contributed by atoms with Crippen LogP contribution in [0.5, 0.6) is 0 Å². The first kappa shape index (κ1) is 21.2. The van der Waals surface area contributed by atoms with Crippen LogP contribution in [-0.4, -0.2) is 74.8 Å². The molecule has 0 radical (unpaired) electrons. The zero-order chi connectivity index (χ0) is 16.8. The van der Waals surface area contributed by atoms with E-state index in [-0.39, 0.29) is 24.0 Å². The number of guanidine groups is 1. The number of aliphatic imine (C=N–C) groups is 1. The third-order valence-electron chi connectivity index (χ3n) is 6.00. The second-order valence-corrected chi connectivity index (χ2v) is 7.95. The van der Waals surface area contributed by atoms with Crippen molar-refractivity contribution in [1.29, 1.82) is 0 Å². The molecular formula is C19H37IN4O. The van der Waals surface area contributed by atoms with Crippen molar-refractivity contribution >= 4 is 29.9 Å². The highest BCUT2D eigenvalue weighted by Gasteiger charge is 2.42. The second-order valence-electron chi connectivity index (χ2n) is 7.95. The van der Waals surface area contributed by atoms with Crippen molar-refractivity contribution in [2.75, 3.05) is 59.0 Å². The lowest BCUT2D eigenvalue weighted by Crippen LogP contribution is -2.42. The molecule has 146 valence electrons. The maximum Gasteiger partial charge on any atom is 0.193 e. The van der Waals surface area contributed by atoms with Gasteiger partial charge in [-0.15, -0.1) is 24.0 Å². The molecule has 1 unspecified atom stereocenters. The Morgan fingerprint density at radius 1 is 1.20 bits per heavy atom. The number of rotatable bonds is 5. The van der Waals surface area contributed by atoms with E-state index in [9.17, 15) is 0 Å². The fourth-order valence-corrected chi connectivity index (χ4v) is 4.44. The minimum atomic E-state index is 0. The van der Waals surface area contributed by atoms with Crippen molar-refractivity contribution in [3.05, 3.63) is 0 Å². The number of ether oxygens (including phenoxy) is 1. The van der Waals surface area contributed by atoms with Gasteiger partial charge in [-0.05, 0) is 64.6 Å². The monoisotopic (exact) mass is 464 g/mol. The van der Waals surface area contributed by atoms with Gasteiger partial charge in [-0.1, -0.05) is 6.92 Å². The van der Waals surface area contributed by atoms with E-state index in [2.05, 4.69) is 29.0 Å². The number of nitrogens with one attached hydrogen (secondary N) is 1. The van der Waals surface area contributed by atoms with Crippen LogP contribution in [0.1, 0.15) is 46.0 Å². The molecular weight excluding hydrogens is 427 g/mol. The van der Waals surface area contributed by atoms with E-state index in [1.165, 1.54) is 51.7 Å². The normalized spacial score (nSPS) is 28.6. The van der Waals surface area contributed by atoms with E-state index >= 15 is 0 Å². The van der Waals surface area contributed by atoms with Crippen LogP contribution in [0.25, 0.3) is 0 Å². The molecule has 0 aliphatic carbocycles. The summed E-state index contributed by atoms with van der Waals surface area (Å²) < 4.78 is 5.66. The lowest BCUT2D eigenvalue weighted by Gasteiger charge is -2.31. The van der Waals surface area contributed by atoms with Crippen LogP contribution in [0.15, 0.2) is 4.99 Å². The van der Waals surface area contributed by atoms with E-state index in [0.717, 1.165) is 51.3 Å². The first-order chi connectivity index (χ1) is 11.7. The lowest BCUT2D eigenvalue weighted by molar-refractivity contribution is 0.156. The van der Waals surface area contributed by atoms with Crippen LogP contribution in [0.3, 0.4) is 0 Å². The first-order valence-electron chi connectivity index (χ1n) is 10.1. The molecule has 3 aliphatic heterocycles. The molecule has 0 aromatic rings. The van der Waals surface area contributed by atoms with Gasteiger partial charge >= 0.3 is 0 Å². The summed E-state index contributed by atoms with van der Waals surface area (Å²) in [5.41, 5.74) is 0.404. The largest absolute Gasteiger partial charge is 0.381 e. The number of nitrogens with zero attached hydrogens (tertiary/aromatic N) is 3. The minimum Gasteiger partial charge on any atom is -0.381 e. The van der Waals surface area contributed by atoms with Gasteiger partial charge in [-0.3, -0.25) is 4.99 Å². The fraction of sp³-hybridized carbons (Fsp3) is 0.947. The van der Waals surface area contributed by atoms with Crippen molar-refractivity contribution in [3.63, 3.8) is 0 Å². The summed E-state index contributed by atoms with van der Waals surface area (Å²) in [5, 5.41) is 3.52. The van der Waals surface area contributed by atoms with E-state index in [1.54, 1.807) is 0 Å². The summed E-state index contributed by atoms with van der Waals surface area (Å²) in [7, 11) is 0. The average Bonchev–Trinajstić information content (AvgIpc) is 3.23. The second kappa shape index (κ2) is 10.3. The molecule has 1 atom stereocenters. The van der Waals surface area contributed by atoms with E-state index in [0.29, 0.717) is 5.41 Å². The first-order valence-corrected chi connectivity index (χ1v) is 10.1. The van der Waals surface area contributed by atoms with Crippen molar-refractivity contribution in [2.45, 2.75) is 46.0 Å². The van der Waals surface area contributed by atoms with Crippen LogP contribution in [0, 0.1) is 11.3 Å². The van der Waals surface area contributed by atoms with E-state index in [4.69, 9.17) is 9.73 Å². The van der Waals surface area contributed by atoms with Crippen molar-refractivity contribution in [1.82, 2.24) is 15.1 Å². The molecule has 1 spiro atoms. The number of hydrogen-bond acceptors (Lipinski definition) is 3. The highest BCUT2D eigenvalue weighted by Crippen LogP contribution is 2.38. The minimum absolute atomic E-state index is 0. The van der Waals surface area contributed by atoms with Gasteiger partial charge < -0.3 is 19.9 Å². The lowest BCUT2D eigenvalue weighted by atomic mass is 9.87. The quantitative estimate of drug-likeness (QED) is 0.386. The molecule has 5 nitrogen and oxygen atoms in total. The Kier molecular flexibility index (Phi) is 8.75. The zero-order valence-electron chi connectivity index (χ0n) is 16.1. The highest BCUT2D eigenvalue weighted by molar-refractivity contribution is 14.0. The molecule has 0 aromatic carbocycles. The zero-order valence-corrected chi connectivity index (χ0v) is 18.5. The molecule has 0 aromatic heterocycles. The molecule has 0 saturated carbocycles. The van der Waals surface area contributed by atoms with Crippen LogP contribution in [-0.2, 0) is 4.74 Å². The summed E-state index contributed by atoms with van der Waals surface area (Å²) in [4.78, 5) is 10.1. The highest BCUT2D eigenvalue weighted by atomic mass is 127. The molecule has 3 fully saturated rings. The molecule has 3 rings (SSSR count). The van der Waals surface area contributed by atoms with Crippen molar-refractivity contribution in [3.8, 4) is 0 Å². The standard InChI is InChI=1S/C19H36N4O.HI/c1-3-9-22-10-5-17(6-11-22)14-21-18(20-4-2)23-12-7-19(15-23)8-13-24-16-19;/h17H,3-16H2,1-2H3,(H,20,21);1H. The summed E-state index contributed by atoms with van der Waals surface area (Å²) in [5.74, 6) is 1.90. The Hall–Kier alpha value is -0.0800. The van der Waals surface area contributed by atoms with Gasteiger partial charge in [0.15, 0.2) is 5.96 Å². The van der Waals surface area contributed by atoms with Gasteiger partial charge in [0.2, 0.25) is 0 Å². The number of halogens is 1. The molecule has 25 heavy (non-hydrogen) atoms. The number of piperidine rings is 1. The molecule has 1 N–H and O–H groups in total. The number of hydrogen-bond donors (Lipinski definition) is 1. The SMILES string of the molecule is CCCN1CCC(CN=C(NCC)N2CCC3(CCOC3)C2)CC1.I. The van der Waals surface area contributed by atoms with Crippen LogP contribution >= 0.6 is 24.0 Å². The van der Waals surface area contributed by atoms with Crippen molar-refractivity contribution in [2.24, 2.45) is 16.3 Å².